The fourth-order valence-corrected chi connectivity index (χ4v) is 3.48. The number of aryl methyl sites for hydroxylation is 2. The molecule has 0 aliphatic heterocycles. The number of nitrogens with zero attached hydrogens (tertiary/aromatic N) is 4. The van der Waals surface area contributed by atoms with Gasteiger partial charge in [0.15, 0.2) is 0 Å². The summed E-state index contributed by atoms with van der Waals surface area (Å²) in [5, 5.41) is 2.34. The Balaban J connectivity index is 2.01. The lowest BCUT2D eigenvalue weighted by Crippen LogP contribution is -2.34. The molecule has 0 aliphatic carbocycles. The lowest BCUT2D eigenvalue weighted by Gasteiger charge is -2.02. The molecule has 0 saturated heterocycles. The number of hydrogen-bond acceptors (Lipinski definition) is 2. The first-order valence-corrected chi connectivity index (χ1v) is 7.99. The maximum absolute atomic E-state index is 4.92. The minimum atomic E-state index is 0.900. The third kappa shape index (κ3) is 1.74. The van der Waals surface area contributed by atoms with Crippen molar-refractivity contribution in [1.82, 2.24) is 9.97 Å². The highest BCUT2D eigenvalue weighted by Gasteiger charge is 2.23. The van der Waals surface area contributed by atoms with E-state index in [-0.39, 0.29) is 0 Å². The zero-order chi connectivity index (χ0) is 16.3. The Hall–Kier alpha value is -3.14. The smallest absolute Gasteiger partial charge is 0.222 e. The zero-order valence-corrected chi connectivity index (χ0v) is 13.6. The summed E-state index contributed by atoms with van der Waals surface area (Å²) in [5.74, 6) is 0. The molecule has 5 rings (SSSR count). The van der Waals surface area contributed by atoms with Crippen LogP contribution in [0.5, 0.6) is 0 Å². The van der Waals surface area contributed by atoms with Crippen molar-refractivity contribution in [3.05, 3.63) is 60.7 Å². The first kappa shape index (κ1) is 13.3. The van der Waals surface area contributed by atoms with Crippen LogP contribution in [0.1, 0.15) is 0 Å². The molecule has 0 saturated carbocycles. The fourth-order valence-electron chi connectivity index (χ4n) is 3.48. The van der Waals surface area contributed by atoms with Crippen molar-refractivity contribution in [3.63, 3.8) is 0 Å². The van der Waals surface area contributed by atoms with Crippen LogP contribution in [0, 0.1) is 0 Å². The Labute approximate surface area is 138 Å². The number of hydrogen-bond donors (Lipinski definition) is 0. The second-order valence-electron chi connectivity index (χ2n) is 6.17. The molecule has 0 amide bonds. The molecular weight excluding hydrogens is 296 g/mol. The number of fused-ring (bicyclic) bond motifs is 4. The number of rotatable bonds is 0. The summed E-state index contributed by atoms with van der Waals surface area (Å²) in [4.78, 5) is 9.84. The highest BCUT2D eigenvalue weighted by Crippen LogP contribution is 2.19. The van der Waals surface area contributed by atoms with Crippen molar-refractivity contribution in [3.8, 4) is 0 Å². The van der Waals surface area contributed by atoms with Crippen LogP contribution in [0.3, 0.4) is 0 Å². The summed E-state index contributed by atoms with van der Waals surface area (Å²) < 4.78 is 4.23. The number of benzene rings is 2. The molecule has 2 aromatic carbocycles. The Morgan fingerprint density at radius 1 is 0.625 bits per heavy atom. The highest BCUT2D eigenvalue weighted by molar-refractivity contribution is 5.91. The van der Waals surface area contributed by atoms with Crippen LogP contribution in [0.15, 0.2) is 60.7 Å². The van der Waals surface area contributed by atoms with Crippen LogP contribution in [0.25, 0.3) is 44.1 Å². The van der Waals surface area contributed by atoms with Gasteiger partial charge in [-0.2, -0.15) is 0 Å². The Morgan fingerprint density at radius 3 is 1.50 bits per heavy atom. The number of para-hydroxylation sites is 2. The van der Waals surface area contributed by atoms with Gasteiger partial charge in [0.1, 0.15) is 11.0 Å². The van der Waals surface area contributed by atoms with Crippen molar-refractivity contribution in [2.24, 2.45) is 14.1 Å². The van der Waals surface area contributed by atoms with E-state index in [4.69, 9.17) is 9.97 Å². The van der Waals surface area contributed by atoms with Gasteiger partial charge in [-0.1, -0.05) is 36.4 Å². The van der Waals surface area contributed by atoms with Gasteiger partial charge < -0.3 is 0 Å². The molecule has 0 aliphatic rings. The molecule has 0 bridgehead atoms. The van der Waals surface area contributed by atoms with E-state index >= 15 is 0 Å². The Bertz CT molecular complexity index is 1170. The van der Waals surface area contributed by atoms with Gasteiger partial charge in [0.05, 0.1) is 14.1 Å². The lowest BCUT2D eigenvalue weighted by atomic mass is 10.2. The van der Waals surface area contributed by atoms with Gasteiger partial charge in [-0.3, -0.25) is 0 Å². The molecule has 5 aromatic rings. The summed E-state index contributed by atoms with van der Waals surface area (Å²) in [7, 11) is 4.10. The largest absolute Gasteiger partial charge is 0.376 e. The molecule has 0 spiro atoms. The normalized spacial score (nSPS) is 11.8. The SMILES string of the molecule is C[n+]1c2ccccc2cc2nc3c(cc4ccccc4[n+]3C)nc21. The van der Waals surface area contributed by atoms with Gasteiger partial charge in [0, 0.05) is 22.9 Å². The first-order valence-electron chi connectivity index (χ1n) is 7.99. The summed E-state index contributed by atoms with van der Waals surface area (Å²) in [6.45, 7) is 0. The fraction of sp³-hybridized carbons (Fsp3) is 0.100. The van der Waals surface area contributed by atoms with Crippen LogP contribution in [-0.2, 0) is 14.1 Å². The predicted octanol–water partition coefficient (Wildman–Crippen LogP) is 2.74. The zero-order valence-electron chi connectivity index (χ0n) is 13.6. The van der Waals surface area contributed by atoms with Crippen molar-refractivity contribution in [2.75, 3.05) is 0 Å². The predicted molar refractivity (Wildman–Crippen MR) is 94.4 cm³/mol. The monoisotopic (exact) mass is 312 g/mol. The molecule has 0 fully saturated rings. The van der Waals surface area contributed by atoms with E-state index in [9.17, 15) is 0 Å². The van der Waals surface area contributed by atoms with E-state index in [2.05, 4.69) is 69.8 Å². The van der Waals surface area contributed by atoms with Crippen LogP contribution in [0.2, 0.25) is 0 Å². The maximum atomic E-state index is 4.92. The van der Waals surface area contributed by atoms with Crippen molar-refractivity contribution >= 4 is 44.1 Å². The number of pyridine rings is 2. The average molecular weight is 312 g/mol. The maximum Gasteiger partial charge on any atom is 0.376 e. The minimum absolute atomic E-state index is 0.900. The average Bonchev–Trinajstić information content (AvgIpc) is 2.62. The van der Waals surface area contributed by atoms with Gasteiger partial charge in [-0.15, -0.1) is 0 Å². The van der Waals surface area contributed by atoms with Gasteiger partial charge >= 0.3 is 11.3 Å². The summed E-state index contributed by atoms with van der Waals surface area (Å²) >= 11 is 0. The summed E-state index contributed by atoms with van der Waals surface area (Å²) in [6, 6.07) is 20.9. The van der Waals surface area contributed by atoms with E-state index < -0.39 is 0 Å². The van der Waals surface area contributed by atoms with E-state index in [1.165, 1.54) is 10.8 Å². The van der Waals surface area contributed by atoms with Gasteiger partial charge in [-0.05, 0) is 22.1 Å². The molecule has 0 radical (unpaired) electrons. The Kier molecular flexibility index (Phi) is 2.59. The number of aromatic nitrogens is 4. The Morgan fingerprint density at radius 2 is 1.04 bits per heavy atom. The molecular formula is C20H16N4+2. The van der Waals surface area contributed by atoms with Crippen LogP contribution in [0.4, 0.5) is 0 Å². The first-order chi connectivity index (χ1) is 11.7. The van der Waals surface area contributed by atoms with E-state index in [0.29, 0.717) is 0 Å². The molecule has 114 valence electrons. The molecule has 4 nitrogen and oxygen atoms in total. The standard InChI is InChI=1S/C20H16N4/c1-23-17-9-5-3-7-13(17)11-15-19(23)21-16-12-14-8-4-6-10-18(14)24(2)20(16)22-15/h3-12H,1-2H3/q+2. The van der Waals surface area contributed by atoms with Crippen molar-refractivity contribution in [1.29, 1.82) is 0 Å². The molecule has 0 N–H and O–H groups in total. The quantitative estimate of drug-likeness (QED) is 0.325. The van der Waals surface area contributed by atoms with Crippen LogP contribution in [-0.4, -0.2) is 9.97 Å². The third-order valence-corrected chi connectivity index (χ3v) is 4.73. The van der Waals surface area contributed by atoms with Gasteiger partial charge in [0.25, 0.3) is 11.0 Å². The minimum Gasteiger partial charge on any atom is -0.222 e. The van der Waals surface area contributed by atoms with Gasteiger partial charge in [0.2, 0.25) is 0 Å². The van der Waals surface area contributed by atoms with E-state index in [1.807, 2.05) is 14.1 Å². The van der Waals surface area contributed by atoms with Crippen LogP contribution >= 0.6 is 0 Å². The second-order valence-corrected chi connectivity index (χ2v) is 6.17. The van der Waals surface area contributed by atoms with E-state index in [1.54, 1.807) is 0 Å². The summed E-state index contributed by atoms with van der Waals surface area (Å²) in [6.07, 6.45) is 0. The highest BCUT2D eigenvalue weighted by atomic mass is 15.1. The molecule has 4 heteroatoms. The topological polar surface area (TPSA) is 33.5 Å². The molecule has 24 heavy (non-hydrogen) atoms. The third-order valence-electron chi connectivity index (χ3n) is 4.73. The van der Waals surface area contributed by atoms with E-state index in [0.717, 1.165) is 33.4 Å². The van der Waals surface area contributed by atoms with Crippen LogP contribution < -0.4 is 9.13 Å². The molecule has 0 unspecified atom stereocenters. The van der Waals surface area contributed by atoms with Crippen molar-refractivity contribution in [2.45, 2.75) is 0 Å². The molecule has 3 heterocycles. The molecule has 3 aromatic heterocycles. The second kappa shape index (κ2) is 4.68. The molecule has 0 atom stereocenters. The van der Waals surface area contributed by atoms with Gasteiger partial charge in [-0.25, -0.2) is 9.13 Å². The van der Waals surface area contributed by atoms with Crippen molar-refractivity contribution < 1.29 is 9.13 Å². The lowest BCUT2D eigenvalue weighted by molar-refractivity contribution is -0.622. The summed E-state index contributed by atoms with van der Waals surface area (Å²) in [5.41, 5.74) is 5.93.